The number of rotatable bonds is 7. The summed E-state index contributed by atoms with van der Waals surface area (Å²) in [7, 11) is 5.75. The minimum absolute atomic E-state index is 0.0286. The third-order valence-corrected chi connectivity index (χ3v) is 6.46. The summed E-state index contributed by atoms with van der Waals surface area (Å²) in [5.41, 5.74) is 5.34. The normalized spacial score (nSPS) is 15.2. The first kappa shape index (κ1) is 22.1. The molecule has 1 aliphatic rings. The van der Waals surface area contributed by atoms with Gasteiger partial charge in [0.15, 0.2) is 0 Å². The smallest absolute Gasteiger partial charge is 0.259 e. The first-order chi connectivity index (χ1) is 16.4. The van der Waals surface area contributed by atoms with Crippen LogP contribution in [0.15, 0.2) is 54.9 Å². The number of para-hydroxylation sites is 2. The predicted octanol–water partition coefficient (Wildman–Crippen LogP) is 3.57. The Bertz CT molecular complexity index is 1460. The molecule has 0 saturated heterocycles. The van der Waals surface area contributed by atoms with Crippen molar-refractivity contribution >= 4 is 44.8 Å². The van der Waals surface area contributed by atoms with Crippen LogP contribution in [-0.2, 0) is 20.9 Å². The summed E-state index contributed by atoms with van der Waals surface area (Å²) in [6.07, 6.45) is 3.77. The fourth-order valence-electron chi connectivity index (χ4n) is 4.97. The van der Waals surface area contributed by atoms with Gasteiger partial charge in [-0.1, -0.05) is 36.4 Å². The summed E-state index contributed by atoms with van der Waals surface area (Å²) in [5, 5.41) is 4.38. The van der Waals surface area contributed by atoms with Gasteiger partial charge < -0.3 is 19.2 Å². The summed E-state index contributed by atoms with van der Waals surface area (Å²) >= 11 is 0. The number of carbonyl (C=O) groups excluding carboxylic acids is 2. The van der Waals surface area contributed by atoms with E-state index >= 15 is 0 Å². The molecule has 5 rings (SSSR count). The molecule has 1 aliphatic heterocycles. The number of aromatic amines is 1. The summed E-state index contributed by atoms with van der Waals surface area (Å²) in [5.74, 6) is -0.747. The second-order valence-electron chi connectivity index (χ2n) is 9.07. The predicted molar refractivity (Wildman–Crippen MR) is 134 cm³/mol. The zero-order valence-electron chi connectivity index (χ0n) is 19.8. The van der Waals surface area contributed by atoms with Gasteiger partial charge in [0.1, 0.15) is 0 Å². The number of methoxy groups -OCH3 is 1. The van der Waals surface area contributed by atoms with E-state index in [9.17, 15) is 9.59 Å². The monoisotopic (exact) mass is 456 g/mol. The Balaban J connectivity index is 1.73. The van der Waals surface area contributed by atoms with Gasteiger partial charge >= 0.3 is 0 Å². The lowest BCUT2D eigenvalue weighted by Gasteiger charge is -2.21. The number of imide groups is 1. The molecule has 7 nitrogen and oxygen atoms in total. The van der Waals surface area contributed by atoms with Crippen molar-refractivity contribution < 1.29 is 14.3 Å². The quantitative estimate of drug-likeness (QED) is 0.417. The lowest BCUT2D eigenvalue weighted by molar-refractivity contribution is -0.122. The highest BCUT2D eigenvalue weighted by Crippen LogP contribution is 2.39. The summed E-state index contributed by atoms with van der Waals surface area (Å²) < 4.78 is 7.89. The average Bonchev–Trinajstić information content (AvgIpc) is 3.46. The SMILES string of the molecule is COC(CN(C)C)Cn1cc(C2=C(c3c[nH]c4ccccc34)C(=O)NC2=O)c2cccc(C)c21. The number of ether oxygens (including phenoxy) is 1. The van der Waals surface area contributed by atoms with Crippen molar-refractivity contribution in [3.05, 3.63) is 71.5 Å². The molecule has 174 valence electrons. The largest absolute Gasteiger partial charge is 0.378 e. The number of hydrogen-bond donors (Lipinski definition) is 2. The number of hydrogen-bond acceptors (Lipinski definition) is 4. The second kappa shape index (κ2) is 8.59. The van der Waals surface area contributed by atoms with E-state index in [2.05, 4.69) is 32.8 Å². The zero-order valence-corrected chi connectivity index (χ0v) is 19.8. The third kappa shape index (κ3) is 3.63. The van der Waals surface area contributed by atoms with E-state index in [4.69, 9.17) is 4.74 Å². The van der Waals surface area contributed by atoms with Crippen LogP contribution in [-0.4, -0.2) is 60.1 Å². The van der Waals surface area contributed by atoms with E-state index in [1.54, 1.807) is 13.3 Å². The standard InChI is InChI=1S/C27H28N4O3/c1-16-8-7-10-19-21(15-31(25(16)19)14-17(34-4)13-30(2)3)24-23(26(32)29-27(24)33)20-12-28-22-11-6-5-9-18(20)22/h5-12,15,17,28H,13-14H2,1-4H3,(H,29,32,33). The summed E-state index contributed by atoms with van der Waals surface area (Å²) in [6, 6.07) is 13.8. The molecule has 3 heterocycles. The first-order valence-corrected chi connectivity index (χ1v) is 11.3. The highest BCUT2D eigenvalue weighted by molar-refractivity contribution is 6.50. The zero-order chi connectivity index (χ0) is 24.0. The van der Waals surface area contributed by atoms with E-state index in [0.29, 0.717) is 17.7 Å². The van der Waals surface area contributed by atoms with Gasteiger partial charge in [-0.2, -0.15) is 0 Å². The van der Waals surface area contributed by atoms with Crippen LogP contribution in [0.5, 0.6) is 0 Å². The van der Waals surface area contributed by atoms with Gasteiger partial charge in [-0.15, -0.1) is 0 Å². The number of amides is 2. The lowest BCUT2D eigenvalue weighted by atomic mass is 9.95. The number of H-pyrrole nitrogens is 1. The highest BCUT2D eigenvalue weighted by Gasteiger charge is 2.35. The number of benzene rings is 2. The molecule has 2 aromatic carbocycles. The molecule has 0 fully saturated rings. The maximum Gasteiger partial charge on any atom is 0.259 e. The summed E-state index contributed by atoms with van der Waals surface area (Å²) in [4.78, 5) is 31.5. The maximum absolute atomic E-state index is 13.1. The van der Waals surface area contributed by atoms with E-state index in [0.717, 1.165) is 45.0 Å². The molecule has 0 aliphatic carbocycles. The summed E-state index contributed by atoms with van der Waals surface area (Å²) in [6.45, 7) is 3.45. The molecule has 2 amide bonds. The molecular weight excluding hydrogens is 428 g/mol. The van der Waals surface area contributed by atoms with Crippen molar-refractivity contribution in [3.8, 4) is 0 Å². The number of likely N-dealkylation sites (N-methyl/N-ethyl adjacent to an activating group) is 1. The third-order valence-electron chi connectivity index (χ3n) is 6.46. The Morgan fingerprint density at radius 2 is 1.68 bits per heavy atom. The highest BCUT2D eigenvalue weighted by atomic mass is 16.5. The molecule has 4 aromatic rings. The second-order valence-corrected chi connectivity index (χ2v) is 9.07. The van der Waals surface area contributed by atoms with Crippen molar-refractivity contribution in [2.24, 2.45) is 0 Å². The van der Waals surface area contributed by atoms with Gasteiger partial charge in [0.25, 0.3) is 11.8 Å². The molecule has 0 radical (unpaired) electrons. The van der Waals surface area contributed by atoms with Gasteiger partial charge in [-0.3, -0.25) is 14.9 Å². The van der Waals surface area contributed by atoms with Crippen LogP contribution >= 0.6 is 0 Å². The molecule has 1 unspecified atom stereocenters. The van der Waals surface area contributed by atoms with Crippen molar-refractivity contribution in [3.63, 3.8) is 0 Å². The number of fused-ring (bicyclic) bond motifs is 2. The lowest BCUT2D eigenvalue weighted by Crippen LogP contribution is -2.31. The van der Waals surface area contributed by atoms with E-state index in [-0.39, 0.29) is 17.9 Å². The Morgan fingerprint density at radius 3 is 2.41 bits per heavy atom. The van der Waals surface area contributed by atoms with Crippen LogP contribution in [0.2, 0.25) is 0 Å². The van der Waals surface area contributed by atoms with Crippen LogP contribution in [0.1, 0.15) is 16.7 Å². The van der Waals surface area contributed by atoms with Gasteiger partial charge in [0, 0.05) is 53.5 Å². The van der Waals surface area contributed by atoms with E-state index in [1.165, 1.54) is 0 Å². The van der Waals surface area contributed by atoms with Gasteiger partial charge in [0.2, 0.25) is 0 Å². The van der Waals surface area contributed by atoms with Crippen molar-refractivity contribution in [1.82, 2.24) is 19.8 Å². The van der Waals surface area contributed by atoms with Crippen LogP contribution < -0.4 is 5.32 Å². The molecule has 34 heavy (non-hydrogen) atoms. The van der Waals surface area contributed by atoms with Crippen LogP contribution in [0.4, 0.5) is 0 Å². The van der Waals surface area contributed by atoms with Gasteiger partial charge in [0.05, 0.1) is 29.3 Å². The van der Waals surface area contributed by atoms with Crippen molar-refractivity contribution in [1.29, 1.82) is 0 Å². The molecule has 2 N–H and O–H groups in total. The van der Waals surface area contributed by atoms with Crippen LogP contribution in [0.3, 0.4) is 0 Å². The maximum atomic E-state index is 13.1. The number of nitrogens with zero attached hydrogens (tertiary/aromatic N) is 2. The van der Waals surface area contributed by atoms with Gasteiger partial charge in [-0.25, -0.2) is 0 Å². The number of nitrogens with one attached hydrogen (secondary N) is 2. The van der Waals surface area contributed by atoms with E-state index in [1.807, 2.05) is 56.7 Å². The molecule has 2 aromatic heterocycles. The van der Waals surface area contributed by atoms with Crippen LogP contribution in [0.25, 0.3) is 33.0 Å². The van der Waals surface area contributed by atoms with Crippen molar-refractivity contribution in [2.45, 2.75) is 19.6 Å². The molecule has 0 saturated carbocycles. The first-order valence-electron chi connectivity index (χ1n) is 11.3. The van der Waals surface area contributed by atoms with Crippen molar-refractivity contribution in [2.75, 3.05) is 27.7 Å². The van der Waals surface area contributed by atoms with Gasteiger partial charge in [-0.05, 0) is 32.6 Å². The number of aryl methyl sites for hydroxylation is 1. The van der Waals surface area contributed by atoms with E-state index < -0.39 is 0 Å². The van der Waals surface area contributed by atoms with Crippen LogP contribution in [0, 0.1) is 6.92 Å². The minimum atomic E-state index is -0.374. The molecule has 7 heteroatoms. The average molecular weight is 457 g/mol. The topological polar surface area (TPSA) is 79.4 Å². The number of carbonyl (C=O) groups is 2. The molecule has 0 bridgehead atoms. The molecule has 1 atom stereocenters. The minimum Gasteiger partial charge on any atom is -0.378 e. The molecule has 0 spiro atoms. The Morgan fingerprint density at radius 1 is 0.971 bits per heavy atom. The number of aromatic nitrogens is 2. The Labute approximate surface area is 198 Å². The molecular formula is C27H28N4O3. The fraction of sp³-hybridized carbons (Fsp3) is 0.259. The Hall–Kier alpha value is -3.68. The fourth-order valence-corrected chi connectivity index (χ4v) is 4.97. The Kier molecular flexibility index (Phi) is 5.59.